The molecule has 8 nitrogen and oxygen atoms in total. The molecule has 0 unspecified atom stereocenters. The van der Waals surface area contributed by atoms with Gasteiger partial charge in [-0.1, -0.05) is 30.3 Å². The third-order valence-corrected chi connectivity index (χ3v) is 5.33. The first-order valence-corrected chi connectivity index (χ1v) is 9.85. The molecule has 1 aliphatic rings. The van der Waals surface area contributed by atoms with Crippen molar-refractivity contribution >= 4 is 0 Å². The van der Waals surface area contributed by atoms with Crippen LogP contribution in [-0.4, -0.2) is 41.2 Å². The number of hydrogen-bond acceptors (Lipinski definition) is 6. The molecule has 0 saturated heterocycles. The average Bonchev–Trinajstić information content (AvgIpc) is 3.15. The number of benzene rings is 1. The summed E-state index contributed by atoms with van der Waals surface area (Å²) in [6.45, 7) is 2.12. The Morgan fingerprint density at radius 3 is 2.70 bits per heavy atom. The minimum Gasteiger partial charge on any atom is -0.306 e. The second kappa shape index (κ2) is 7.64. The summed E-state index contributed by atoms with van der Waals surface area (Å²) in [6.07, 6.45) is 7.54. The predicted molar refractivity (Wildman–Crippen MR) is 112 cm³/mol. The number of rotatable bonds is 4. The van der Waals surface area contributed by atoms with Gasteiger partial charge in [-0.05, 0) is 0 Å². The summed E-state index contributed by atoms with van der Waals surface area (Å²) in [5, 5.41) is 4.65. The van der Waals surface area contributed by atoms with Crippen molar-refractivity contribution in [1.29, 1.82) is 0 Å². The van der Waals surface area contributed by atoms with E-state index in [1.807, 2.05) is 29.9 Å². The zero-order valence-electron chi connectivity index (χ0n) is 16.6. The van der Waals surface area contributed by atoms with Crippen molar-refractivity contribution in [1.82, 2.24) is 34.6 Å². The van der Waals surface area contributed by atoms with Gasteiger partial charge in [-0.3, -0.25) is 14.4 Å². The van der Waals surface area contributed by atoms with Gasteiger partial charge in [0.05, 0.1) is 22.5 Å². The number of aromatic amines is 1. The molecule has 0 spiro atoms. The van der Waals surface area contributed by atoms with Crippen LogP contribution in [0.25, 0.3) is 22.6 Å². The van der Waals surface area contributed by atoms with Gasteiger partial charge in [0.1, 0.15) is 12.2 Å². The standard InChI is InChI=1S/C22H21N7O/c1-28-11-17(20(27-28)15-5-3-2-4-6-15)12-29-8-7-19-18(13-29)22(30)26-21(25-19)16-9-23-14-24-10-16/h2-6,9-11,14H,7-8,12-13H2,1H3,(H,25,26,30). The zero-order valence-corrected chi connectivity index (χ0v) is 16.6. The summed E-state index contributed by atoms with van der Waals surface area (Å²) >= 11 is 0. The van der Waals surface area contributed by atoms with Gasteiger partial charge in [-0.2, -0.15) is 5.10 Å². The van der Waals surface area contributed by atoms with Gasteiger partial charge in [-0.25, -0.2) is 15.0 Å². The minimum absolute atomic E-state index is 0.0991. The first-order valence-electron chi connectivity index (χ1n) is 9.85. The highest BCUT2D eigenvalue weighted by atomic mass is 16.1. The Morgan fingerprint density at radius 1 is 1.10 bits per heavy atom. The van der Waals surface area contributed by atoms with Crippen molar-refractivity contribution in [2.45, 2.75) is 19.5 Å². The summed E-state index contributed by atoms with van der Waals surface area (Å²) in [6, 6.07) is 10.2. The molecular weight excluding hydrogens is 378 g/mol. The SMILES string of the molecule is Cn1cc(CN2CCc3nc(-c4cncnc4)[nH]c(=O)c3C2)c(-c2ccccc2)n1. The van der Waals surface area contributed by atoms with Crippen LogP contribution in [0.1, 0.15) is 16.8 Å². The van der Waals surface area contributed by atoms with E-state index in [-0.39, 0.29) is 5.56 Å². The van der Waals surface area contributed by atoms with E-state index < -0.39 is 0 Å². The molecule has 150 valence electrons. The first kappa shape index (κ1) is 18.4. The summed E-state index contributed by atoms with van der Waals surface area (Å²) in [7, 11) is 1.94. The lowest BCUT2D eigenvalue weighted by Crippen LogP contribution is -2.35. The van der Waals surface area contributed by atoms with Crippen LogP contribution < -0.4 is 5.56 Å². The van der Waals surface area contributed by atoms with Crippen molar-refractivity contribution in [2.75, 3.05) is 6.54 Å². The molecule has 0 aliphatic carbocycles. The van der Waals surface area contributed by atoms with Crippen molar-refractivity contribution in [3.05, 3.63) is 82.4 Å². The quantitative estimate of drug-likeness (QED) is 0.566. The fourth-order valence-corrected chi connectivity index (χ4v) is 3.91. The molecule has 1 aromatic carbocycles. The number of nitrogens with zero attached hydrogens (tertiary/aromatic N) is 6. The van der Waals surface area contributed by atoms with Crippen LogP contribution in [0.2, 0.25) is 0 Å². The molecule has 30 heavy (non-hydrogen) atoms. The first-order chi connectivity index (χ1) is 14.7. The lowest BCUT2D eigenvalue weighted by Gasteiger charge is -2.27. The van der Waals surface area contributed by atoms with E-state index in [1.54, 1.807) is 12.4 Å². The molecule has 0 saturated carbocycles. The lowest BCUT2D eigenvalue weighted by atomic mass is 10.0. The van der Waals surface area contributed by atoms with Crippen molar-refractivity contribution in [3.63, 3.8) is 0 Å². The van der Waals surface area contributed by atoms with Crippen LogP contribution >= 0.6 is 0 Å². The van der Waals surface area contributed by atoms with Gasteiger partial charge in [0, 0.05) is 62.8 Å². The van der Waals surface area contributed by atoms with E-state index in [1.165, 1.54) is 6.33 Å². The highest BCUT2D eigenvalue weighted by Gasteiger charge is 2.23. The van der Waals surface area contributed by atoms with Gasteiger partial charge < -0.3 is 4.98 Å². The van der Waals surface area contributed by atoms with Crippen LogP contribution in [0.3, 0.4) is 0 Å². The van der Waals surface area contributed by atoms with Gasteiger partial charge >= 0.3 is 0 Å². The molecule has 0 bridgehead atoms. The van der Waals surface area contributed by atoms with Crippen LogP contribution in [0.15, 0.2) is 60.0 Å². The van der Waals surface area contributed by atoms with E-state index in [2.05, 4.69) is 48.3 Å². The van der Waals surface area contributed by atoms with Crippen LogP contribution in [0.5, 0.6) is 0 Å². The number of hydrogen-bond donors (Lipinski definition) is 1. The fraction of sp³-hybridized carbons (Fsp3) is 0.227. The Balaban J connectivity index is 1.41. The van der Waals surface area contributed by atoms with Gasteiger partial charge in [0.2, 0.25) is 0 Å². The molecule has 5 rings (SSSR count). The van der Waals surface area contributed by atoms with Crippen molar-refractivity contribution in [2.24, 2.45) is 7.05 Å². The largest absolute Gasteiger partial charge is 0.306 e. The van der Waals surface area contributed by atoms with Crippen LogP contribution in [0.4, 0.5) is 0 Å². The number of aryl methyl sites for hydroxylation is 1. The van der Waals surface area contributed by atoms with Gasteiger partial charge in [0.25, 0.3) is 5.56 Å². The summed E-state index contributed by atoms with van der Waals surface area (Å²) in [5.41, 5.74) is 5.42. The number of nitrogens with one attached hydrogen (secondary N) is 1. The molecule has 0 fully saturated rings. The minimum atomic E-state index is -0.0991. The Bertz CT molecular complexity index is 1230. The Labute approximate surface area is 173 Å². The van der Waals surface area contributed by atoms with Crippen LogP contribution in [0, 0.1) is 0 Å². The third-order valence-electron chi connectivity index (χ3n) is 5.33. The Morgan fingerprint density at radius 2 is 1.90 bits per heavy atom. The molecule has 3 aromatic heterocycles. The van der Waals surface area contributed by atoms with Crippen molar-refractivity contribution < 1.29 is 0 Å². The summed E-state index contributed by atoms with van der Waals surface area (Å²) < 4.78 is 1.85. The Kier molecular flexibility index (Phi) is 4.68. The third kappa shape index (κ3) is 3.53. The molecule has 0 radical (unpaired) electrons. The monoisotopic (exact) mass is 399 g/mol. The molecule has 1 aliphatic heterocycles. The highest BCUT2D eigenvalue weighted by molar-refractivity contribution is 5.62. The number of fused-ring (bicyclic) bond motifs is 1. The van der Waals surface area contributed by atoms with E-state index in [0.717, 1.165) is 47.6 Å². The highest BCUT2D eigenvalue weighted by Crippen LogP contribution is 2.25. The molecular formula is C22H21N7O. The fourth-order valence-electron chi connectivity index (χ4n) is 3.91. The van der Waals surface area contributed by atoms with Gasteiger partial charge in [0.15, 0.2) is 0 Å². The molecule has 0 atom stereocenters. The second-order valence-corrected chi connectivity index (χ2v) is 7.47. The zero-order chi connectivity index (χ0) is 20.5. The normalized spacial score (nSPS) is 13.9. The maximum atomic E-state index is 12.8. The maximum absolute atomic E-state index is 12.8. The topological polar surface area (TPSA) is 92.6 Å². The van der Waals surface area contributed by atoms with Crippen LogP contribution in [-0.2, 0) is 26.6 Å². The summed E-state index contributed by atoms with van der Waals surface area (Å²) in [4.78, 5) is 30.6. The lowest BCUT2D eigenvalue weighted by molar-refractivity contribution is 0.242. The molecule has 0 amide bonds. The van der Waals surface area contributed by atoms with Gasteiger partial charge in [-0.15, -0.1) is 0 Å². The van der Waals surface area contributed by atoms with E-state index in [0.29, 0.717) is 17.9 Å². The average molecular weight is 399 g/mol. The molecule has 1 N–H and O–H groups in total. The second-order valence-electron chi connectivity index (χ2n) is 7.47. The van der Waals surface area contributed by atoms with E-state index >= 15 is 0 Å². The van der Waals surface area contributed by atoms with E-state index in [9.17, 15) is 4.79 Å². The molecule has 4 heterocycles. The Hall–Kier alpha value is -3.65. The predicted octanol–water partition coefficient (Wildman–Crippen LogP) is 2.19. The number of H-pyrrole nitrogens is 1. The summed E-state index contributed by atoms with van der Waals surface area (Å²) in [5.74, 6) is 0.520. The van der Waals surface area contributed by atoms with Crippen molar-refractivity contribution in [3.8, 4) is 22.6 Å². The number of aromatic nitrogens is 6. The smallest absolute Gasteiger partial charge is 0.255 e. The molecule has 8 heteroatoms. The maximum Gasteiger partial charge on any atom is 0.255 e. The molecule has 4 aromatic rings. The van der Waals surface area contributed by atoms with E-state index in [4.69, 9.17) is 0 Å².